The fourth-order valence-corrected chi connectivity index (χ4v) is 5.43. The van der Waals surface area contributed by atoms with Crippen LogP contribution in [0.25, 0.3) is 55.4 Å². The highest BCUT2D eigenvalue weighted by atomic mass is 19.1. The number of halogens is 1. The number of nitrogens with zero attached hydrogens (tertiary/aromatic N) is 4. The van der Waals surface area contributed by atoms with Crippen LogP contribution in [0.5, 0.6) is 0 Å². The number of anilines is 2. The Balaban J connectivity index is 1.33. The number of hydrogen-bond acceptors (Lipinski definition) is 6. The lowest BCUT2D eigenvalue weighted by atomic mass is 9.92. The van der Waals surface area contributed by atoms with Gasteiger partial charge in [-0.05, 0) is 73.1 Å². The number of aromatic amines is 2. The number of nitrogens with one attached hydrogen (secondary N) is 4. The van der Waals surface area contributed by atoms with E-state index in [-0.39, 0.29) is 17.1 Å². The molecule has 0 aliphatic carbocycles. The van der Waals surface area contributed by atoms with Crippen LogP contribution in [0.1, 0.15) is 27.2 Å². The van der Waals surface area contributed by atoms with E-state index in [9.17, 15) is 9.18 Å². The number of H-pyrrole nitrogens is 2. The van der Waals surface area contributed by atoms with E-state index in [4.69, 9.17) is 0 Å². The summed E-state index contributed by atoms with van der Waals surface area (Å²) in [5, 5.41) is 15.9. The Morgan fingerprint density at radius 2 is 1.67 bits per heavy atom. The molecule has 0 bridgehead atoms. The summed E-state index contributed by atoms with van der Waals surface area (Å²) in [6.45, 7) is 7.64. The highest BCUT2D eigenvalue weighted by molar-refractivity contribution is 6.01. The molecule has 0 saturated carbocycles. The predicted octanol–water partition coefficient (Wildman–Crippen LogP) is 7.32. The summed E-state index contributed by atoms with van der Waals surface area (Å²) < 4.78 is 14.7. The molecule has 230 valence electrons. The zero-order valence-electron chi connectivity index (χ0n) is 26.1. The van der Waals surface area contributed by atoms with Crippen LogP contribution in [0.4, 0.5) is 15.8 Å². The fraction of sp³-hybridized carbons (Fsp3) is 0.257. The van der Waals surface area contributed by atoms with Gasteiger partial charge in [0.1, 0.15) is 11.5 Å². The van der Waals surface area contributed by atoms with Gasteiger partial charge in [-0.2, -0.15) is 5.10 Å². The first-order valence-electron chi connectivity index (χ1n) is 14.9. The van der Waals surface area contributed by atoms with Crippen molar-refractivity contribution < 1.29 is 9.18 Å². The van der Waals surface area contributed by atoms with Gasteiger partial charge in [0.25, 0.3) is 0 Å². The first kappa shape index (κ1) is 30.0. The van der Waals surface area contributed by atoms with E-state index in [0.717, 1.165) is 67.7 Å². The minimum atomic E-state index is -0.314. The smallest absolute Gasteiger partial charge is 0.224 e. The van der Waals surface area contributed by atoms with Gasteiger partial charge in [0, 0.05) is 59.5 Å². The summed E-state index contributed by atoms with van der Waals surface area (Å²) in [6.07, 6.45) is 7.38. The van der Waals surface area contributed by atoms with Crippen molar-refractivity contribution in [2.24, 2.45) is 5.41 Å². The average molecular weight is 605 g/mol. The highest BCUT2D eigenvalue weighted by Crippen LogP contribution is 2.36. The van der Waals surface area contributed by atoms with Crippen LogP contribution in [0.15, 0.2) is 73.3 Å². The number of carbonyl (C=O) groups is 1. The van der Waals surface area contributed by atoms with Gasteiger partial charge in [-0.25, -0.2) is 4.39 Å². The first-order chi connectivity index (χ1) is 21.5. The molecule has 0 spiro atoms. The number of hydrogen-bond donors (Lipinski definition) is 4. The standard InChI is InChI=1S/C35H37FN8O/c1-35(2,3)16-33(45)40-26-12-23(17-37-18-26)21-6-7-30-28(13-21)34(43-42-30)31-15-27-29(19-38-20-32(27)41-31)22-10-24(36)14-25(11-22)39-8-9-44(4)5/h6-7,10-15,17-20,39,41H,8-9,16H2,1-5H3,(H,40,45)(H,42,43). The molecule has 0 aliphatic rings. The van der Waals surface area contributed by atoms with E-state index in [1.807, 2.05) is 65.2 Å². The van der Waals surface area contributed by atoms with Crippen molar-refractivity contribution in [2.45, 2.75) is 27.2 Å². The van der Waals surface area contributed by atoms with E-state index in [1.54, 1.807) is 24.8 Å². The van der Waals surface area contributed by atoms with Crippen LogP contribution in [0.3, 0.4) is 0 Å². The van der Waals surface area contributed by atoms with Gasteiger partial charge in [-0.15, -0.1) is 0 Å². The third kappa shape index (κ3) is 6.86. The summed E-state index contributed by atoms with van der Waals surface area (Å²) in [4.78, 5) is 26.9. The summed E-state index contributed by atoms with van der Waals surface area (Å²) in [5.74, 6) is -0.359. The number of fused-ring (bicyclic) bond motifs is 2. The molecule has 4 aromatic heterocycles. The van der Waals surface area contributed by atoms with Crippen molar-refractivity contribution in [3.05, 3.63) is 79.1 Å². The molecule has 9 nitrogen and oxygen atoms in total. The number of amides is 1. The van der Waals surface area contributed by atoms with Crippen molar-refractivity contribution in [2.75, 3.05) is 37.8 Å². The molecule has 4 heterocycles. The Labute approximate surface area is 261 Å². The van der Waals surface area contributed by atoms with Gasteiger partial charge in [0.05, 0.1) is 34.8 Å². The second-order valence-electron chi connectivity index (χ2n) is 12.9. The third-order valence-electron chi connectivity index (χ3n) is 7.51. The van der Waals surface area contributed by atoms with Crippen molar-refractivity contribution >= 4 is 39.1 Å². The Morgan fingerprint density at radius 3 is 2.47 bits per heavy atom. The zero-order valence-corrected chi connectivity index (χ0v) is 26.1. The van der Waals surface area contributed by atoms with E-state index in [0.29, 0.717) is 18.7 Å². The first-order valence-corrected chi connectivity index (χ1v) is 14.9. The van der Waals surface area contributed by atoms with Crippen LogP contribution in [-0.4, -0.2) is 63.1 Å². The fourth-order valence-electron chi connectivity index (χ4n) is 5.43. The van der Waals surface area contributed by atoms with Crippen molar-refractivity contribution in [1.29, 1.82) is 0 Å². The molecule has 0 fully saturated rings. The van der Waals surface area contributed by atoms with E-state index >= 15 is 0 Å². The number of likely N-dealkylation sites (N-methyl/N-ethyl adjacent to an activating group) is 1. The maximum Gasteiger partial charge on any atom is 0.224 e. The molecule has 6 rings (SSSR count). The van der Waals surface area contributed by atoms with E-state index in [2.05, 4.69) is 46.7 Å². The normalized spacial score (nSPS) is 11.9. The van der Waals surface area contributed by atoms with Crippen LogP contribution in [-0.2, 0) is 4.79 Å². The lowest BCUT2D eigenvalue weighted by Crippen LogP contribution is -2.20. The van der Waals surface area contributed by atoms with Gasteiger partial charge in [-0.1, -0.05) is 26.8 Å². The molecule has 6 aromatic rings. The van der Waals surface area contributed by atoms with E-state index < -0.39 is 0 Å². The summed E-state index contributed by atoms with van der Waals surface area (Å²) in [5.41, 5.74) is 7.90. The minimum Gasteiger partial charge on any atom is -0.384 e. The maximum atomic E-state index is 14.7. The molecule has 0 radical (unpaired) electrons. The van der Waals surface area contributed by atoms with Crippen molar-refractivity contribution in [3.8, 4) is 33.6 Å². The van der Waals surface area contributed by atoms with Crippen LogP contribution in [0, 0.1) is 11.2 Å². The SMILES string of the molecule is CN(C)CCNc1cc(F)cc(-c2cncc3[nH]c(-c4n[nH]c5ccc(-c6cncc(NC(=O)CC(C)(C)C)c6)cc45)cc23)c1. The molecule has 45 heavy (non-hydrogen) atoms. The van der Waals surface area contributed by atoms with Crippen molar-refractivity contribution in [1.82, 2.24) is 30.0 Å². The van der Waals surface area contributed by atoms with Crippen LogP contribution in [0.2, 0.25) is 0 Å². The number of pyridine rings is 2. The van der Waals surface area contributed by atoms with Gasteiger partial charge < -0.3 is 20.5 Å². The zero-order chi connectivity index (χ0) is 31.7. The largest absolute Gasteiger partial charge is 0.384 e. The Morgan fingerprint density at radius 1 is 0.867 bits per heavy atom. The maximum absolute atomic E-state index is 14.7. The van der Waals surface area contributed by atoms with Gasteiger partial charge in [0.2, 0.25) is 5.91 Å². The second-order valence-corrected chi connectivity index (χ2v) is 12.9. The summed E-state index contributed by atoms with van der Waals surface area (Å²) in [6, 6.07) is 15.0. The molecular weight excluding hydrogens is 567 g/mol. The van der Waals surface area contributed by atoms with Gasteiger partial charge in [-0.3, -0.25) is 19.9 Å². The minimum absolute atomic E-state index is 0.0447. The third-order valence-corrected chi connectivity index (χ3v) is 7.51. The predicted molar refractivity (Wildman–Crippen MR) is 180 cm³/mol. The highest BCUT2D eigenvalue weighted by Gasteiger charge is 2.18. The lowest BCUT2D eigenvalue weighted by molar-refractivity contribution is -0.117. The van der Waals surface area contributed by atoms with Gasteiger partial charge >= 0.3 is 0 Å². The molecule has 1 amide bonds. The molecular formula is C35H37FN8O. The molecule has 10 heteroatoms. The monoisotopic (exact) mass is 604 g/mol. The quantitative estimate of drug-likeness (QED) is 0.137. The number of aromatic nitrogens is 5. The topological polar surface area (TPSA) is 115 Å². The second kappa shape index (κ2) is 12.1. The van der Waals surface area contributed by atoms with Gasteiger partial charge in [0.15, 0.2) is 0 Å². The Kier molecular flexibility index (Phi) is 8.07. The molecule has 0 unspecified atom stereocenters. The number of benzene rings is 2. The van der Waals surface area contributed by atoms with Crippen LogP contribution < -0.4 is 10.6 Å². The molecule has 0 atom stereocenters. The molecule has 0 aliphatic heterocycles. The van der Waals surface area contributed by atoms with E-state index in [1.165, 1.54) is 12.1 Å². The number of rotatable bonds is 9. The summed E-state index contributed by atoms with van der Waals surface area (Å²) >= 11 is 0. The lowest BCUT2D eigenvalue weighted by Gasteiger charge is -2.17. The average Bonchev–Trinajstić information content (AvgIpc) is 3.59. The van der Waals surface area contributed by atoms with Crippen molar-refractivity contribution in [3.63, 3.8) is 0 Å². The molecule has 2 aromatic carbocycles. The Bertz CT molecular complexity index is 2000. The van der Waals surface area contributed by atoms with Crippen LogP contribution >= 0.6 is 0 Å². The molecule has 4 N–H and O–H groups in total. The summed E-state index contributed by atoms with van der Waals surface area (Å²) in [7, 11) is 4.01. The molecule has 0 saturated heterocycles. The number of carbonyl (C=O) groups excluding carboxylic acids is 1. The Hall–Kier alpha value is -5.09.